The van der Waals surface area contributed by atoms with E-state index in [4.69, 9.17) is 23.8 Å². The Morgan fingerprint density at radius 2 is 1.90 bits per heavy atom. The van der Waals surface area contributed by atoms with Gasteiger partial charge in [-0.3, -0.25) is 9.69 Å². The number of carbonyl (C=O) groups is 2. The van der Waals surface area contributed by atoms with Crippen LogP contribution in [0.5, 0.6) is 5.88 Å². The van der Waals surface area contributed by atoms with Gasteiger partial charge in [0.15, 0.2) is 6.29 Å². The van der Waals surface area contributed by atoms with E-state index in [1.54, 1.807) is 0 Å². The Labute approximate surface area is 245 Å². The molecule has 2 amide bonds. The molecule has 13 nitrogen and oxygen atoms in total. The number of hydroxylamine groups is 1. The first-order chi connectivity index (χ1) is 20.4. The number of ether oxygens (including phenoxy) is 4. The third-order valence-corrected chi connectivity index (χ3v) is 9.41. The minimum absolute atomic E-state index is 0.0383. The summed E-state index contributed by atoms with van der Waals surface area (Å²) in [5.41, 5.74) is 3.35. The molecule has 3 saturated heterocycles. The average Bonchev–Trinajstić information content (AvgIpc) is 3.32. The van der Waals surface area contributed by atoms with Crippen LogP contribution in [0.1, 0.15) is 37.7 Å². The fourth-order valence-corrected chi connectivity index (χ4v) is 7.10. The number of aromatic nitrogens is 1. The topological polar surface area (TPSA) is 146 Å². The summed E-state index contributed by atoms with van der Waals surface area (Å²) in [7, 11) is -2.72. The number of rotatable bonds is 11. The van der Waals surface area contributed by atoms with Crippen molar-refractivity contribution in [2.75, 3.05) is 33.5 Å². The number of sulfonamides is 1. The van der Waals surface area contributed by atoms with Gasteiger partial charge in [0, 0.05) is 38.8 Å². The Kier molecular flexibility index (Phi) is 9.90. The molecule has 0 saturated carbocycles. The number of carbonyl (C=O) groups excluding carboxylic acids is 2. The highest BCUT2D eigenvalue weighted by Crippen LogP contribution is 2.38. The summed E-state index contributed by atoms with van der Waals surface area (Å²) in [6, 6.07) is 9.91. The lowest BCUT2D eigenvalue weighted by atomic mass is 10.1. The van der Waals surface area contributed by atoms with Crippen LogP contribution in [-0.4, -0.2) is 92.5 Å². The zero-order valence-electron chi connectivity index (χ0n) is 23.4. The van der Waals surface area contributed by atoms with Crippen molar-refractivity contribution < 1.29 is 41.8 Å². The predicted molar refractivity (Wildman–Crippen MR) is 147 cm³/mol. The van der Waals surface area contributed by atoms with Gasteiger partial charge in [0.25, 0.3) is 5.91 Å². The molecule has 0 spiro atoms. The van der Waals surface area contributed by atoms with Crippen molar-refractivity contribution in [1.82, 2.24) is 19.7 Å². The zero-order chi connectivity index (χ0) is 29.5. The van der Waals surface area contributed by atoms with Crippen LogP contribution < -0.4 is 10.2 Å². The van der Waals surface area contributed by atoms with Crippen LogP contribution in [-0.2, 0) is 40.5 Å². The van der Waals surface area contributed by atoms with Crippen molar-refractivity contribution in [3.8, 4) is 5.88 Å². The summed E-state index contributed by atoms with van der Waals surface area (Å²) in [5.74, 6) is -0.430. The Morgan fingerprint density at radius 1 is 1.07 bits per heavy atom. The van der Waals surface area contributed by atoms with E-state index < -0.39 is 46.4 Å². The maximum atomic E-state index is 14.0. The summed E-state index contributed by atoms with van der Waals surface area (Å²) < 4.78 is 50.6. The van der Waals surface area contributed by atoms with Gasteiger partial charge < -0.3 is 18.9 Å². The monoisotopic (exact) mass is 604 g/mol. The number of amides is 2. The number of benzene rings is 1. The Balaban J connectivity index is 1.35. The van der Waals surface area contributed by atoms with Crippen molar-refractivity contribution in [3.05, 3.63) is 54.2 Å². The van der Waals surface area contributed by atoms with Gasteiger partial charge in [-0.05, 0) is 37.3 Å². The SMILES string of the molecule is COCCOC(=O)N1C2CC[C@@H]1CN(S(=O)(=O)c1ccc(OCc3ccccc3)nc1)[C@H]2C(=O)NOC1CCCCO1. The average molecular weight is 605 g/mol. The van der Waals surface area contributed by atoms with Crippen LogP contribution in [0.25, 0.3) is 0 Å². The molecule has 1 N–H and O–H groups in total. The predicted octanol–water partition coefficient (Wildman–Crippen LogP) is 2.22. The van der Waals surface area contributed by atoms with Gasteiger partial charge in [0.05, 0.1) is 18.8 Å². The largest absolute Gasteiger partial charge is 0.473 e. The lowest BCUT2D eigenvalue weighted by Crippen LogP contribution is -2.66. The van der Waals surface area contributed by atoms with Crippen molar-refractivity contribution >= 4 is 22.0 Å². The number of nitrogens with one attached hydrogen (secondary N) is 1. The normalized spacial score (nSPS) is 24.3. The molecule has 5 rings (SSSR count). The number of methoxy groups -OCH3 is 1. The van der Waals surface area contributed by atoms with E-state index in [9.17, 15) is 18.0 Å². The standard InChI is InChI=1S/C28H36N4O9S/c1-37-15-16-39-28(34)32-21-10-12-23(32)26(27(33)30-41-25-9-5-6-14-38-25)31(18-21)42(35,36)22-11-13-24(29-17-22)40-19-20-7-3-2-4-8-20/h2-4,7-8,11,13,17,21,23,25-26H,5-6,9-10,12,14-16,18-19H2,1H3,(H,30,33)/t21-,23?,25?,26-/m1/s1. The number of piperazine rings is 1. The van der Waals surface area contributed by atoms with Gasteiger partial charge in [-0.25, -0.2) is 28.5 Å². The Bertz CT molecular complexity index is 1310. The molecule has 228 valence electrons. The highest BCUT2D eigenvalue weighted by atomic mass is 32.2. The Morgan fingerprint density at radius 3 is 2.62 bits per heavy atom. The summed E-state index contributed by atoms with van der Waals surface area (Å²) in [6.45, 7) is 0.943. The van der Waals surface area contributed by atoms with Crippen LogP contribution >= 0.6 is 0 Å². The number of fused-ring (bicyclic) bond motifs is 2. The number of pyridine rings is 1. The molecular formula is C28H36N4O9S. The smallest absolute Gasteiger partial charge is 0.410 e. The van der Waals surface area contributed by atoms with Crippen LogP contribution in [0.3, 0.4) is 0 Å². The van der Waals surface area contributed by atoms with Gasteiger partial charge in [0.1, 0.15) is 24.2 Å². The first-order valence-electron chi connectivity index (χ1n) is 14.0. The maximum absolute atomic E-state index is 14.0. The molecule has 1 aromatic carbocycles. The van der Waals surface area contributed by atoms with E-state index in [-0.39, 0.29) is 37.1 Å². The second kappa shape index (κ2) is 13.8. The second-order valence-electron chi connectivity index (χ2n) is 10.3. The molecule has 3 aliphatic heterocycles. The van der Waals surface area contributed by atoms with E-state index in [1.165, 1.54) is 30.3 Å². The van der Waals surface area contributed by atoms with Crippen molar-refractivity contribution in [2.45, 2.75) is 68.0 Å². The molecule has 1 aromatic heterocycles. The first kappa shape index (κ1) is 30.2. The third kappa shape index (κ3) is 6.84. The molecule has 0 aliphatic carbocycles. The van der Waals surface area contributed by atoms with Crippen molar-refractivity contribution in [3.63, 3.8) is 0 Å². The van der Waals surface area contributed by atoms with Crippen LogP contribution in [0.2, 0.25) is 0 Å². The zero-order valence-corrected chi connectivity index (χ0v) is 24.2. The molecule has 2 aromatic rings. The van der Waals surface area contributed by atoms with Crippen molar-refractivity contribution in [2.24, 2.45) is 0 Å². The Hall–Kier alpha value is -3.30. The molecule has 4 atom stereocenters. The molecular weight excluding hydrogens is 568 g/mol. The lowest BCUT2D eigenvalue weighted by molar-refractivity contribution is -0.203. The molecule has 2 bridgehead atoms. The minimum Gasteiger partial charge on any atom is -0.473 e. The number of hydrogen-bond acceptors (Lipinski definition) is 10. The number of nitrogens with zero attached hydrogens (tertiary/aromatic N) is 3. The molecule has 42 heavy (non-hydrogen) atoms. The van der Waals surface area contributed by atoms with Crippen LogP contribution in [0.15, 0.2) is 53.6 Å². The van der Waals surface area contributed by atoms with Crippen LogP contribution in [0, 0.1) is 0 Å². The third-order valence-electron chi connectivity index (χ3n) is 7.58. The van der Waals surface area contributed by atoms with E-state index in [1.807, 2.05) is 30.3 Å². The highest BCUT2D eigenvalue weighted by Gasteiger charge is 2.55. The molecule has 0 radical (unpaired) electrons. The van der Waals surface area contributed by atoms with Gasteiger partial charge in [-0.15, -0.1) is 0 Å². The maximum Gasteiger partial charge on any atom is 0.410 e. The van der Waals surface area contributed by atoms with E-state index in [0.29, 0.717) is 25.9 Å². The fraction of sp³-hybridized carbons (Fsp3) is 0.536. The summed E-state index contributed by atoms with van der Waals surface area (Å²) in [4.78, 5) is 37.7. The van der Waals surface area contributed by atoms with Gasteiger partial charge in [-0.2, -0.15) is 4.31 Å². The molecule has 14 heteroatoms. The summed E-state index contributed by atoms with van der Waals surface area (Å²) in [6.07, 6.45) is 3.27. The molecule has 3 fully saturated rings. The second-order valence-corrected chi connectivity index (χ2v) is 12.2. The summed E-state index contributed by atoms with van der Waals surface area (Å²) >= 11 is 0. The van der Waals surface area contributed by atoms with Crippen molar-refractivity contribution in [1.29, 1.82) is 0 Å². The van der Waals surface area contributed by atoms with E-state index in [2.05, 4.69) is 10.5 Å². The highest BCUT2D eigenvalue weighted by molar-refractivity contribution is 7.89. The minimum atomic E-state index is -4.21. The number of hydrogen-bond donors (Lipinski definition) is 1. The quantitative estimate of drug-likeness (QED) is 0.299. The lowest BCUT2D eigenvalue weighted by Gasteiger charge is -2.44. The van der Waals surface area contributed by atoms with E-state index >= 15 is 0 Å². The fourth-order valence-electron chi connectivity index (χ4n) is 5.50. The first-order valence-corrected chi connectivity index (χ1v) is 15.5. The summed E-state index contributed by atoms with van der Waals surface area (Å²) in [5, 5.41) is 0. The molecule has 2 unspecified atom stereocenters. The van der Waals surface area contributed by atoms with Gasteiger partial charge in [0.2, 0.25) is 15.9 Å². The molecule has 3 aliphatic rings. The van der Waals surface area contributed by atoms with Gasteiger partial charge in [-0.1, -0.05) is 30.3 Å². The van der Waals surface area contributed by atoms with Crippen LogP contribution in [0.4, 0.5) is 4.79 Å². The molecule has 4 heterocycles. The van der Waals surface area contributed by atoms with Gasteiger partial charge >= 0.3 is 6.09 Å². The van der Waals surface area contributed by atoms with E-state index in [0.717, 1.165) is 22.7 Å².